The van der Waals surface area contributed by atoms with Crippen molar-refractivity contribution in [1.29, 1.82) is 0 Å². The Hall–Kier alpha value is -3.02. The van der Waals surface area contributed by atoms with Crippen molar-refractivity contribution in [1.82, 2.24) is 4.90 Å². The number of ether oxygens (including phenoxy) is 1. The van der Waals surface area contributed by atoms with Crippen LogP contribution >= 0.6 is 0 Å². The molecule has 0 aliphatic heterocycles. The molecule has 28 heavy (non-hydrogen) atoms. The number of rotatable bonds is 7. The fourth-order valence-corrected chi connectivity index (χ4v) is 2.90. The highest BCUT2D eigenvalue weighted by Crippen LogP contribution is 2.24. The highest BCUT2D eigenvalue weighted by molar-refractivity contribution is 5.81. The van der Waals surface area contributed by atoms with Crippen LogP contribution in [0.15, 0.2) is 54.6 Å². The number of phenolic OH excluding ortho intramolecular Hbond substituents is 1. The predicted molar refractivity (Wildman–Crippen MR) is 106 cm³/mol. The molecule has 6 heteroatoms. The van der Waals surface area contributed by atoms with Gasteiger partial charge in [0.1, 0.15) is 11.4 Å². The van der Waals surface area contributed by atoms with E-state index in [0.29, 0.717) is 18.4 Å². The summed E-state index contributed by atoms with van der Waals surface area (Å²) in [6.07, 6.45) is 0.452. The van der Waals surface area contributed by atoms with Crippen LogP contribution in [0.3, 0.4) is 0 Å². The number of carbonyl (C=O) groups excluding carboxylic acids is 1. The van der Waals surface area contributed by atoms with Gasteiger partial charge < -0.3 is 14.9 Å². The van der Waals surface area contributed by atoms with Crippen LogP contribution < -0.4 is 0 Å². The van der Waals surface area contributed by atoms with Crippen molar-refractivity contribution in [2.75, 3.05) is 6.54 Å². The third kappa shape index (κ3) is 6.30. The second-order valence-corrected chi connectivity index (χ2v) is 7.60. The van der Waals surface area contributed by atoms with E-state index >= 15 is 0 Å². The molecule has 1 atom stereocenters. The number of carboxylic acid groups (broad SMARTS) is 1. The van der Waals surface area contributed by atoms with Gasteiger partial charge in [0, 0.05) is 6.54 Å². The Morgan fingerprint density at radius 3 is 2.32 bits per heavy atom. The first-order chi connectivity index (χ1) is 13.2. The Morgan fingerprint density at radius 1 is 1.07 bits per heavy atom. The summed E-state index contributed by atoms with van der Waals surface area (Å²) >= 11 is 0. The Morgan fingerprint density at radius 2 is 1.75 bits per heavy atom. The van der Waals surface area contributed by atoms with Crippen molar-refractivity contribution >= 4 is 12.1 Å². The fourth-order valence-electron chi connectivity index (χ4n) is 2.90. The van der Waals surface area contributed by atoms with Gasteiger partial charge in [-0.3, -0.25) is 4.90 Å². The van der Waals surface area contributed by atoms with E-state index in [1.54, 1.807) is 69.3 Å². The minimum atomic E-state index is -1.14. The van der Waals surface area contributed by atoms with Gasteiger partial charge in [-0.1, -0.05) is 42.5 Å². The van der Waals surface area contributed by atoms with Crippen LogP contribution in [0.25, 0.3) is 0 Å². The van der Waals surface area contributed by atoms with Crippen molar-refractivity contribution < 1.29 is 24.5 Å². The summed E-state index contributed by atoms with van der Waals surface area (Å²) in [5.74, 6) is -0.941. The molecule has 0 radical (unpaired) electrons. The zero-order chi connectivity index (χ0) is 20.7. The second kappa shape index (κ2) is 9.26. The first kappa shape index (κ1) is 21.3. The Bertz CT molecular complexity index is 798. The van der Waals surface area contributed by atoms with E-state index in [1.807, 2.05) is 6.07 Å². The number of aromatic hydroxyl groups is 1. The lowest BCUT2D eigenvalue weighted by molar-refractivity contribution is -0.143. The smallest absolute Gasteiger partial charge is 0.411 e. The van der Waals surface area contributed by atoms with E-state index in [4.69, 9.17) is 4.74 Å². The van der Waals surface area contributed by atoms with Crippen LogP contribution in [0, 0.1) is 0 Å². The molecule has 0 saturated carbocycles. The van der Waals surface area contributed by atoms with Gasteiger partial charge in [-0.2, -0.15) is 0 Å². The number of hydrogen-bond acceptors (Lipinski definition) is 4. The summed E-state index contributed by atoms with van der Waals surface area (Å²) in [6, 6.07) is 14.4. The molecule has 0 aliphatic carbocycles. The highest BCUT2D eigenvalue weighted by Gasteiger charge is 2.33. The molecular weight excluding hydrogens is 358 g/mol. The van der Waals surface area contributed by atoms with E-state index in [-0.39, 0.29) is 12.3 Å². The van der Waals surface area contributed by atoms with Gasteiger partial charge in [-0.15, -0.1) is 0 Å². The van der Waals surface area contributed by atoms with Crippen molar-refractivity contribution in [3.63, 3.8) is 0 Å². The normalized spacial score (nSPS) is 12.2. The van der Waals surface area contributed by atoms with Gasteiger partial charge in [-0.25, -0.2) is 9.59 Å². The van der Waals surface area contributed by atoms with Gasteiger partial charge in [0.05, 0.1) is 0 Å². The van der Waals surface area contributed by atoms with Crippen LogP contribution in [0.5, 0.6) is 5.75 Å². The standard InChI is InChI=1S/C22H27NO5/c1-22(2,3)28-21(27)23(14-8-10-16-9-7-13-18(24)15-16)19(20(25)26)17-11-5-4-6-12-17/h4-7,9,11-13,15,19,24H,8,10,14H2,1-3H3,(H,25,26)/t19-/m0/s1. The summed E-state index contributed by atoms with van der Waals surface area (Å²) in [5, 5.41) is 19.4. The minimum Gasteiger partial charge on any atom is -0.508 e. The minimum absolute atomic E-state index is 0.175. The molecule has 1 amide bonds. The van der Waals surface area contributed by atoms with Crippen molar-refractivity contribution in [2.45, 2.75) is 45.3 Å². The number of carboxylic acids is 1. The molecule has 0 aromatic heterocycles. The first-order valence-electron chi connectivity index (χ1n) is 9.22. The topological polar surface area (TPSA) is 87.1 Å². The van der Waals surface area contributed by atoms with Gasteiger partial charge >= 0.3 is 12.1 Å². The predicted octanol–water partition coefficient (Wildman–Crippen LogP) is 4.39. The summed E-state index contributed by atoms with van der Waals surface area (Å²) in [7, 11) is 0. The lowest BCUT2D eigenvalue weighted by atomic mass is 10.0. The van der Waals surface area contributed by atoms with E-state index in [2.05, 4.69) is 0 Å². The molecule has 6 nitrogen and oxygen atoms in total. The lowest BCUT2D eigenvalue weighted by Crippen LogP contribution is -2.42. The maximum absolute atomic E-state index is 12.8. The molecule has 0 heterocycles. The van der Waals surface area contributed by atoms with Gasteiger partial charge in [0.15, 0.2) is 6.04 Å². The van der Waals surface area contributed by atoms with Crippen LogP contribution in [-0.4, -0.2) is 39.3 Å². The van der Waals surface area contributed by atoms with Crippen molar-refractivity contribution in [3.05, 3.63) is 65.7 Å². The molecule has 0 bridgehead atoms. The Balaban J connectivity index is 2.22. The van der Waals surface area contributed by atoms with E-state index in [0.717, 1.165) is 5.56 Å². The third-order valence-corrected chi connectivity index (χ3v) is 4.06. The average molecular weight is 385 g/mol. The fraction of sp³-hybridized carbons (Fsp3) is 0.364. The Labute approximate surface area is 165 Å². The average Bonchev–Trinajstić information content (AvgIpc) is 2.60. The lowest BCUT2D eigenvalue weighted by Gasteiger charge is -2.31. The van der Waals surface area contributed by atoms with E-state index < -0.39 is 23.7 Å². The number of amides is 1. The maximum Gasteiger partial charge on any atom is 0.411 e. The monoisotopic (exact) mass is 385 g/mol. The molecule has 2 N–H and O–H groups in total. The van der Waals surface area contributed by atoms with Crippen molar-refractivity contribution in [3.8, 4) is 5.75 Å². The van der Waals surface area contributed by atoms with Crippen molar-refractivity contribution in [2.24, 2.45) is 0 Å². The molecular formula is C22H27NO5. The molecule has 0 aliphatic rings. The number of phenols is 1. The van der Waals surface area contributed by atoms with Crippen LogP contribution in [0.2, 0.25) is 0 Å². The van der Waals surface area contributed by atoms with Gasteiger partial charge in [0.2, 0.25) is 0 Å². The molecule has 0 fully saturated rings. The molecule has 0 unspecified atom stereocenters. The second-order valence-electron chi connectivity index (χ2n) is 7.60. The number of aryl methyl sites for hydroxylation is 1. The SMILES string of the molecule is CC(C)(C)OC(=O)N(CCCc1cccc(O)c1)[C@H](C(=O)O)c1ccccc1. The van der Waals surface area contributed by atoms with Crippen LogP contribution in [0.4, 0.5) is 4.79 Å². The van der Waals surface area contributed by atoms with Gasteiger partial charge in [0.25, 0.3) is 0 Å². The van der Waals surface area contributed by atoms with E-state index in [9.17, 15) is 19.8 Å². The van der Waals surface area contributed by atoms with E-state index in [1.165, 1.54) is 4.90 Å². The van der Waals surface area contributed by atoms with Crippen LogP contribution in [-0.2, 0) is 16.0 Å². The number of aliphatic carboxylic acids is 1. The molecule has 2 aromatic rings. The first-order valence-corrected chi connectivity index (χ1v) is 9.22. The van der Waals surface area contributed by atoms with Crippen LogP contribution in [0.1, 0.15) is 44.4 Å². The number of carbonyl (C=O) groups is 2. The number of nitrogens with zero attached hydrogens (tertiary/aromatic N) is 1. The molecule has 0 saturated heterocycles. The quantitative estimate of drug-likeness (QED) is 0.738. The maximum atomic E-state index is 12.8. The molecule has 0 spiro atoms. The third-order valence-electron chi connectivity index (χ3n) is 4.06. The van der Waals surface area contributed by atoms with Gasteiger partial charge in [-0.05, 0) is 56.9 Å². The largest absolute Gasteiger partial charge is 0.508 e. The summed E-state index contributed by atoms with van der Waals surface area (Å²) < 4.78 is 5.46. The summed E-state index contributed by atoms with van der Waals surface area (Å²) in [6.45, 7) is 5.44. The zero-order valence-corrected chi connectivity index (χ0v) is 16.5. The summed E-state index contributed by atoms with van der Waals surface area (Å²) in [5.41, 5.74) is 0.689. The Kier molecular flexibility index (Phi) is 7.04. The zero-order valence-electron chi connectivity index (χ0n) is 16.5. The number of hydrogen-bond donors (Lipinski definition) is 2. The number of benzene rings is 2. The molecule has 2 rings (SSSR count). The highest BCUT2D eigenvalue weighted by atomic mass is 16.6. The summed E-state index contributed by atoms with van der Waals surface area (Å²) in [4.78, 5) is 26.0. The molecule has 150 valence electrons. The molecule has 2 aromatic carbocycles.